The molecule has 0 rings (SSSR count). The molecule has 1 amide bonds. The molecule has 0 heterocycles. The number of amides is 1. The van der Waals surface area contributed by atoms with E-state index < -0.39 is 0 Å². The summed E-state index contributed by atoms with van der Waals surface area (Å²) in [5, 5.41) is 5.86. The zero-order chi connectivity index (χ0) is 10.8. The highest BCUT2D eigenvalue weighted by molar-refractivity contribution is 5.77. The van der Waals surface area contributed by atoms with Crippen LogP contribution in [0.2, 0.25) is 0 Å². The van der Waals surface area contributed by atoms with Gasteiger partial charge in [0, 0.05) is 19.6 Å². The fourth-order valence-corrected chi connectivity index (χ4v) is 1.24. The van der Waals surface area contributed by atoms with E-state index in [0.29, 0.717) is 13.1 Å². The fourth-order valence-electron chi connectivity index (χ4n) is 1.24. The lowest BCUT2D eigenvalue weighted by Crippen LogP contribution is -2.38. The number of carbonyl (C=O) groups excluding carboxylic acids is 1. The minimum Gasteiger partial charge on any atom is -0.355 e. The van der Waals surface area contributed by atoms with Crippen molar-refractivity contribution in [1.29, 1.82) is 0 Å². The van der Waals surface area contributed by atoms with Crippen LogP contribution in [-0.4, -0.2) is 50.1 Å². The molecule has 0 radical (unpaired) electrons. The third kappa shape index (κ3) is 6.86. The Hall–Kier alpha value is -0.610. The van der Waals surface area contributed by atoms with Crippen molar-refractivity contribution in [2.45, 2.75) is 20.8 Å². The zero-order valence-electron chi connectivity index (χ0n) is 9.60. The van der Waals surface area contributed by atoms with Gasteiger partial charge in [0.2, 0.25) is 5.91 Å². The highest BCUT2D eigenvalue weighted by Gasteiger charge is 2.00. The molecule has 0 atom stereocenters. The minimum atomic E-state index is 0.0760. The van der Waals surface area contributed by atoms with Gasteiger partial charge in [-0.1, -0.05) is 13.8 Å². The Balaban J connectivity index is 3.32. The largest absolute Gasteiger partial charge is 0.355 e. The second kappa shape index (κ2) is 8.97. The van der Waals surface area contributed by atoms with Crippen molar-refractivity contribution in [3.8, 4) is 0 Å². The summed E-state index contributed by atoms with van der Waals surface area (Å²) in [5.74, 6) is 0.0760. The molecular weight excluding hydrogens is 178 g/mol. The third-order valence-electron chi connectivity index (χ3n) is 2.16. The normalized spacial score (nSPS) is 10.6. The van der Waals surface area contributed by atoms with Crippen LogP contribution >= 0.6 is 0 Å². The van der Waals surface area contributed by atoms with E-state index in [1.807, 2.05) is 6.92 Å². The lowest BCUT2D eigenvalue weighted by molar-refractivity contribution is -0.120. The first-order valence-corrected chi connectivity index (χ1v) is 5.44. The average Bonchev–Trinajstić information content (AvgIpc) is 2.19. The standard InChI is InChI=1S/C10H23N3O/c1-4-12-10(14)9-11-7-8-13(5-2)6-3/h11H,4-9H2,1-3H3,(H,12,14). The number of hydrogen-bond donors (Lipinski definition) is 2. The lowest BCUT2D eigenvalue weighted by atomic mass is 10.4. The van der Waals surface area contributed by atoms with Crippen LogP contribution in [0.5, 0.6) is 0 Å². The number of likely N-dealkylation sites (N-methyl/N-ethyl adjacent to an activating group) is 2. The van der Waals surface area contributed by atoms with Crippen LogP contribution < -0.4 is 10.6 Å². The Morgan fingerprint density at radius 3 is 2.36 bits per heavy atom. The summed E-state index contributed by atoms with van der Waals surface area (Å²) in [6, 6.07) is 0. The predicted molar refractivity (Wildman–Crippen MR) is 59.3 cm³/mol. The summed E-state index contributed by atoms with van der Waals surface area (Å²) >= 11 is 0. The van der Waals surface area contributed by atoms with Gasteiger partial charge in [-0.15, -0.1) is 0 Å². The summed E-state index contributed by atoms with van der Waals surface area (Å²) in [6.07, 6.45) is 0. The van der Waals surface area contributed by atoms with E-state index in [1.54, 1.807) is 0 Å². The molecule has 0 bridgehead atoms. The maximum atomic E-state index is 11.0. The number of carbonyl (C=O) groups is 1. The number of nitrogens with one attached hydrogen (secondary N) is 2. The molecule has 0 aliphatic rings. The number of nitrogens with zero attached hydrogens (tertiary/aromatic N) is 1. The van der Waals surface area contributed by atoms with E-state index in [0.717, 1.165) is 26.2 Å². The molecule has 0 spiro atoms. The topological polar surface area (TPSA) is 44.4 Å². The average molecular weight is 201 g/mol. The summed E-state index contributed by atoms with van der Waals surface area (Å²) in [7, 11) is 0. The van der Waals surface area contributed by atoms with E-state index >= 15 is 0 Å². The Morgan fingerprint density at radius 2 is 1.86 bits per heavy atom. The summed E-state index contributed by atoms with van der Waals surface area (Å²) in [5.41, 5.74) is 0. The molecule has 0 saturated heterocycles. The van der Waals surface area contributed by atoms with Crippen molar-refractivity contribution in [3.05, 3.63) is 0 Å². The van der Waals surface area contributed by atoms with Crippen molar-refractivity contribution in [2.24, 2.45) is 0 Å². The van der Waals surface area contributed by atoms with E-state index in [2.05, 4.69) is 29.4 Å². The van der Waals surface area contributed by atoms with Gasteiger partial charge < -0.3 is 15.5 Å². The molecule has 0 aliphatic carbocycles. The van der Waals surface area contributed by atoms with E-state index in [-0.39, 0.29) is 5.91 Å². The SMILES string of the molecule is CCNC(=O)CNCCN(CC)CC. The van der Waals surface area contributed by atoms with Gasteiger partial charge >= 0.3 is 0 Å². The Labute approximate surface area is 87.0 Å². The van der Waals surface area contributed by atoms with Gasteiger partial charge in [0.25, 0.3) is 0 Å². The van der Waals surface area contributed by atoms with Gasteiger partial charge in [-0.25, -0.2) is 0 Å². The molecule has 0 unspecified atom stereocenters. The summed E-state index contributed by atoms with van der Waals surface area (Å²) < 4.78 is 0. The quantitative estimate of drug-likeness (QED) is 0.546. The monoisotopic (exact) mass is 201 g/mol. The van der Waals surface area contributed by atoms with Crippen molar-refractivity contribution in [1.82, 2.24) is 15.5 Å². The van der Waals surface area contributed by atoms with Gasteiger partial charge in [-0.3, -0.25) is 4.79 Å². The highest BCUT2D eigenvalue weighted by atomic mass is 16.1. The van der Waals surface area contributed by atoms with Gasteiger partial charge in [0.15, 0.2) is 0 Å². The number of hydrogen-bond acceptors (Lipinski definition) is 3. The van der Waals surface area contributed by atoms with Crippen LogP contribution in [0.1, 0.15) is 20.8 Å². The van der Waals surface area contributed by atoms with Crippen LogP contribution in [0.4, 0.5) is 0 Å². The molecule has 0 aliphatic heterocycles. The maximum Gasteiger partial charge on any atom is 0.233 e. The molecule has 0 aromatic carbocycles. The molecule has 0 aromatic heterocycles. The van der Waals surface area contributed by atoms with Crippen molar-refractivity contribution in [2.75, 3.05) is 39.3 Å². The molecule has 84 valence electrons. The van der Waals surface area contributed by atoms with Gasteiger partial charge in [-0.2, -0.15) is 0 Å². The Kier molecular flexibility index (Phi) is 8.57. The van der Waals surface area contributed by atoms with Gasteiger partial charge in [0.05, 0.1) is 6.54 Å². The molecule has 4 nitrogen and oxygen atoms in total. The van der Waals surface area contributed by atoms with Crippen LogP contribution in [-0.2, 0) is 4.79 Å². The van der Waals surface area contributed by atoms with Crippen LogP contribution in [0.25, 0.3) is 0 Å². The molecule has 0 saturated carbocycles. The molecule has 14 heavy (non-hydrogen) atoms. The zero-order valence-corrected chi connectivity index (χ0v) is 9.60. The smallest absolute Gasteiger partial charge is 0.233 e. The van der Waals surface area contributed by atoms with Gasteiger partial charge in [0.1, 0.15) is 0 Å². The van der Waals surface area contributed by atoms with Crippen molar-refractivity contribution >= 4 is 5.91 Å². The van der Waals surface area contributed by atoms with Crippen LogP contribution in [0.15, 0.2) is 0 Å². The summed E-state index contributed by atoms with van der Waals surface area (Å²) in [6.45, 7) is 11.4. The van der Waals surface area contributed by atoms with Gasteiger partial charge in [-0.05, 0) is 20.0 Å². The fraction of sp³-hybridized carbons (Fsp3) is 0.900. The van der Waals surface area contributed by atoms with Crippen molar-refractivity contribution < 1.29 is 4.79 Å². The first kappa shape index (κ1) is 13.4. The van der Waals surface area contributed by atoms with Crippen molar-refractivity contribution in [3.63, 3.8) is 0 Å². The predicted octanol–water partition coefficient (Wildman–Crippen LogP) is 0.0539. The first-order chi connectivity index (χ1) is 6.74. The van der Waals surface area contributed by atoms with E-state index in [4.69, 9.17) is 0 Å². The highest BCUT2D eigenvalue weighted by Crippen LogP contribution is 1.83. The van der Waals surface area contributed by atoms with Crippen LogP contribution in [0.3, 0.4) is 0 Å². The lowest BCUT2D eigenvalue weighted by Gasteiger charge is -2.17. The molecule has 0 aromatic rings. The Morgan fingerprint density at radius 1 is 1.21 bits per heavy atom. The molecular formula is C10H23N3O. The molecule has 2 N–H and O–H groups in total. The minimum absolute atomic E-state index is 0.0760. The third-order valence-corrected chi connectivity index (χ3v) is 2.16. The first-order valence-electron chi connectivity index (χ1n) is 5.44. The molecule has 4 heteroatoms. The molecule has 0 fully saturated rings. The number of rotatable bonds is 8. The second-order valence-corrected chi connectivity index (χ2v) is 3.16. The maximum absolute atomic E-state index is 11.0. The van der Waals surface area contributed by atoms with E-state index in [9.17, 15) is 4.79 Å². The Bertz CT molecular complexity index is 146. The van der Waals surface area contributed by atoms with E-state index in [1.165, 1.54) is 0 Å². The van der Waals surface area contributed by atoms with Crippen LogP contribution in [0, 0.1) is 0 Å². The second-order valence-electron chi connectivity index (χ2n) is 3.16. The summed E-state index contributed by atoms with van der Waals surface area (Å²) in [4.78, 5) is 13.4.